The number of ether oxygens (including phenoxy) is 3. The van der Waals surface area contributed by atoms with Gasteiger partial charge in [0, 0.05) is 26.5 Å². The SMILES string of the molecule is CC=Nc1nc2c(c(C#CC(COC(C)=O)COC(C)=O)nn2[C@H]2C[C@@H](O)[C@@H](CO)O2)c(=O)[nH]1. The van der Waals surface area contributed by atoms with Crippen LogP contribution in [0, 0.1) is 17.8 Å². The van der Waals surface area contributed by atoms with E-state index in [2.05, 4.69) is 31.9 Å². The van der Waals surface area contributed by atoms with Gasteiger partial charge in [0.25, 0.3) is 5.56 Å². The zero-order valence-corrected chi connectivity index (χ0v) is 18.8. The van der Waals surface area contributed by atoms with Crippen molar-refractivity contribution in [2.45, 2.75) is 45.6 Å². The second-order valence-corrected chi connectivity index (χ2v) is 7.45. The Morgan fingerprint density at radius 1 is 1.35 bits per heavy atom. The van der Waals surface area contributed by atoms with Crippen LogP contribution in [-0.2, 0) is 23.8 Å². The molecule has 0 aliphatic carbocycles. The number of esters is 2. The third-order valence-corrected chi connectivity index (χ3v) is 4.83. The summed E-state index contributed by atoms with van der Waals surface area (Å²) in [6.07, 6.45) is -0.993. The fourth-order valence-corrected chi connectivity index (χ4v) is 3.27. The molecule has 182 valence electrons. The van der Waals surface area contributed by atoms with Gasteiger partial charge in [0.05, 0.1) is 18.6 Å². The molecule has 1 fully saturated rings. The molecule has 13 heteroatoms. The van der Waals surface area contributed by atoms with E-state index >= 15 is 0 Å². The van der Waals surface area contributed by atoms with Gasteiger partial charge in [-0.05, 0) is 12.8 Å². The van der Waals surface area contributed by atoms with Crippen molar-refractivity contribution >= 4 is 35.1 Å². The monoisotopic (exact) mass is 475 g/mol. The fraction of sp³-hybridized carbons (Fsp3) is 0.524. The maximum absolute atomic E-state index is 12.8. The zero-order valence-electron chi connectivity index (χ0n) is 18.8. The third-order valence-electron chi connectivity index (χ3n) is 4.83. The van der Waals surface area contributed by atoms with Crippen LogP contribution < -0.4 is 5.56 Å². The second-order valence-electron chi connectivity index (χ2n) is 7.45. The molecule has 3 N–H and O–H groups in total. The number of aliphatic imine (C=N–C) groups is 1. The molecule has 3 rings (SSSR count). The number of carbonyl (C=O) groups is 2. The van der Waals surface area contributed by atoms with Crippen molar-refractivity contribution in [2.24, 2.45) is 10.9 Å². The van der Waals surface area contributed by atoms with Crippen molar-refractivity contribution in [3.8, 4) is 11.8 Å². The molecule has 3 heterocycles. The lowest BCUT2D eigenvalue weighted by molar-refractivity contribution is -0.144. The van der Waals surface area contributed by atoms with Gasteiger partial charge < -0.3 is 24.4 Å². The lowest BCUT2D eigenvalue weighted by Gasteiger charge is -2.12. The first kappa shape index (κ1) is 25.0. The van der Waals surface area contributed by atoms with Crippen LogP contribution in [0.4, 0.5) is 5.95 Å². The minimum absolute atomic E-state index is 0.0421. The molecule has 0 unspecified atom stereocenters. The Morgan fingerprint density at radius 3 is 2.59 bits per heavy atom. The largest absolute Gasteiger partial charge is 0.464 e. The molecule has 0 radical (unpaired) electrons. The predicted molar refractivity (Wildman–Crippen MR) is 117 cm³/mol. The zero-order chi connectivity index (χ0) is 24.8. The van der Waals surface area contributed by atoms with E-state index in [4.69, 9.17) is 14.2 Å². The number of aliphatic hydroxyl groups excluding tert-OH is 2. The van der Waals surface area contributed by atoms with Gasteiger partial charge in [0.1, 0.15) is 24.7 Å². The summed E-state index contributed by atoms with van der Waals surface area (Å²) in [5.74, 6) is 3.92. The van der Waals surface area contributed by atoms with Gasteiger partial charge in [-0.25, -0.2) is 9.67 Å². The van der Waals surface area contributed by atoms with Crippen LogP contribution >= 0.6 is 0 Å². The lowest BCUT2D eigenvalue weighted by Crippen LogP contribution is -2.24. The molecule has 0 spiro atoms. The fourth-order valence-electron chi connectivity index (χ4n) is 3.27. The van der Waals surface area contributed by atoms with Crippen molar-refractivity contribution in [1.29, 1.82) is 0 Å². The van der Waals surface area contributed by atoms with E-state index in [1.165, 1.54) is 24.7 Å². The number of aromatic amines is 1. The molecule has 0 amide bonds. The average molecular weight is 475 g/mol. The summed E-state index contributed by atoms with van der Waals surface area (Å²) >= 11 is 0. The molecule has 0 saturated carbocycles. The molecular weight excluding hydrogens is 450 g/mol. The number of nitrogens with one attached hydrogen (secondary N) is 1. The van der Waals surface area contributed by atoms with E-state index in [9.17, 15) is 24.6 Å². The van der Waals surface area contributed by atoms with Gasteiger partial charge in [0.15, 0.2) is 17.6 Å². The average Bonchev–Trinajstić information content (AvgIpc) is 3.33. The highest BCUT2D eigenvalue weighted by Gasteiger charge is 2.36. The van der Waals surface area contributed by atoms with Gasteiger partial charge in [0.2, 0.25) is 5.95 Å². The van der Waals surface area contributed by atoms with Gasteiger partial charge in [-0.15, -0.1) is 0 Å². The Balaban J connectivity index is 2.06. The number of H-pyrrole nitrogens is 1. The van der Waals surface area contributed by atoms with Crippen LogP contribution in [0.15, 0.2) is 9.79 Å². The topological polar surface area (TPSA) is 178 Å². The molecule has 1 aliphatic rings. The molecule has 34 heavy (non-hydrogen) atoms. The highest BCUT2D eigenvalue weighted by molar-refractivity contribution is 5.81. The standard InChI is InChI=1S/C21H25N5O8/c1-4-22-21-23-19-18(20(31)24-21)14(25-26(19)17-7-15(30)16(8-27)34-17)6-5-13(9-32-11(2)28)10-33-12(3)29/h4,13,15-17,27,30H,7-10H2,1-3H3,(H,23,24,31)/t15-,16-,17-/m1/s1. The molecular formula is C21H25N5O8. The highest BCUT2D eigenvalue weighted by Crippen LogP contribution is 2.31. The van der Waals surface area contributed by atoms with Crippen LogP contribution in [-0.4, -0.2) is 80.1 Å². The Morgan fingerprint density at radius 2 is 2.03 bits per heavy atom. The van der Waals surface area contributed by atoms with Crippen LogP contribution in [0.1, 0.15) is 39.1 Å². The summed E-state index contributed by atoms with van der Waals surface area (Å²) in [5, 5.41) is 24.0. The number of carbonyl (C=O) groups excluding carboxylic acids is 2. The molecule has 3 atom stereocenters. The number of nitrogens with zero attached hydrogens (tertiary/aromatic N) is 4. The maximum atomic E-state index is 12.8. The number of hydrogen-bond donors (Lipinski definition) is 3. The Kier molecular flexibility index (Phi) is 8.11. The maximum Gasteiger partial charge on any atom is 0.302 e. The molecule has 0 aromatic carbocycles. The number of aliphatic hydroxyl groups is 2. The smallest absolute Gasteiger partial charge is 0.302 e. The summed E-state index contributed by atoms with van der Waals surface area (Å²) in [7, 11) is 0. The van der Waals surface area contributed by atoms with Gasteiger partial charge >= 0.3 is 11.9 Å². The van der Waals surface area contributed by atoms with Gasteiger partial charge in [-0.1, -0.05) is 5.92 Å². The first-order chi connectivity index (χ1) is 16.2. The number of rotatable bonds is 7. The first-order valence-corrected chi connectivity index (χ1v) is 10.5. The van der Waals surface area contributed by atoms with E-state index < -0.39 is 48.5 Å². The Hall–Kier alpha value is -3.60. The minimum atomic E-state index is -0.934. The molecule has 0 bridgehead atoms. The molecule has 2 aromatic heterocycles. The van der Waals surface area contributed by atoms with Crippen LogP contribution in [0.5, 0.6) is 0 Å². The van der Waals surface area contributed by atoms with Crippen LogP contribution in [0.2, 0.25) is 0 Å². The normalized spacial score (nSPS) is 20.0. The summed E-state index contributed by atoms with van der Waals surface area (Å²) in [6.45, 7) is 3.48. The van der Waals surface area contributed by atoms with Crippen LogP contribution in [0.25, 0.3) is 11.0 Å². The summed E-state index contributed by atoms with van der Waals surface area (Å²) in [5.41, 5.74) is -0.368. The van der Waals surface area contributed by atoms with Crippen molar-refractivity contribution in [1.82, 2.24) is 19.7 Å². The van der Waals surface area contributed by atoms with E-state index in [-0.39, 0.29) is 42.3 Å². The lowest BCUT2D eigenvalue weighted by atomic mass is 10.1. The van der Waals surface area contributed by atoms with E-state index in [1.807, 2.05) is 0 Å². The number of aromatic nitrogens is 4. The van der Waals surface area contributed by atoms with Crippen molar-refractivity contribution in [3.63, 3.8) is 0 Å². The number of hydrogen-bond acceptors (Lipinski definition) is 11. The summed E-state index contributed by atoms with van der Waals surface area (Å²) < 4.78 is 16.9. The number of fused-ring (bicyclic) bond motifs is 1. The van der Waals surface area contributed by atoms with E-state index in [1.54, 1.807) is 6.92 Å². The Bertz CT molecular complexity index is 1190. The van der Waals surface area contributed by atoms with E-state index in [0.717, 1.165) is 0 Å². The predicted octanol–water partition coefficient (Wildman–Crippen LogP) is -0.424. The minimum Gasteiger partial charge on any atom is -0.464 e. The molecule has 1 saturated heterocycles. The third kappa shape index (κ3) is 5.84. The second kappa shape index (κ2) is 11.0. The Labute approximate surface area is 193 Å². The molecule has 2 aromatic rings. The van der Waals surface area contributed by atoms with E-state index in [0.29, 0.717) is 0 Å². The summed E-state index contributed by atoms with van der Waals surface area (Å²) in [6, 6.07) is 0. The van der Waals surface area contributed by atoms with Crippen molar-refractivity contribution in [2.75, 3.05) is 19.8 Å². The summed E-state index contributed by atoms with van der Waals surface area (Å²) in [4.78, 5) is 46.1. The van der Waals surface area contributed by atoms with Crippen LogP contribution in [0.3, 0.4) is 0 Å². The van der Waals surface area contributed by atoms with Gasteiger partial charge in [-0.3, -0.25) is 19.4 Å². The van der Waals surface area contributed by atoms with Gasteiger partial charge in [-0.2, -0.15) is 10.1 Å². The molecule has 1 aliphatic heterocycles. The van der Waals surface area contributed by atoms with Crippen molar-refractivity contribution < 1.29 is 34.0 Å². The molecule has 13 nitrogen and oxygen atoms in total. The quantitative estimate of drug-likeness (QED) is 0.270. The highest BCUT2D eigenvalue weighted by atomic mass is 16.6. The van der Waals surface area contributed by atoms with Crippen molar-refractivity contribution in [3.05, 3.63) is 16.0 Å². The first-order valence-electron chi connectivity index (χ1n) is 10.5.